The number of benzene rings is 2. The number of nitrogens with one attached hydrogen (secondary N) is 2. The van der Waals surface area contributed by atoms with Gasteiger partial charge in [0.1, 0.15) is 22.8 Å². The van der Waals surface area contributed by atoms with E-state index in [9.17, 15) is 5.11 Å². The highest BCUT2D eigenvalue weighted by Crippen LogP contribution is 2.42. The molecule has 31 heavy (non-hydrogen) atoms. The first-order valence-electron chi connectivity index (χ1n) is 10.4. The number of methoxy groups -OCH3 is 1. The third-order valence-corrected chi connectivity index (χ3v) is 6.48. The zero-order chi connectivity index (χ0) is 22.0. The maximum Gasteiger partial charge on any atom is 0.191 e. The van der Waals surface area contributed by atoms with E-state index < -0.39 is 0 Å². The summed E-state index contributed by atoms with van der Waals surface area (Å²) in [5.41, 5.74) is 5.93. The molecule has 1 saturated carbocycles. The molecule has 1 aliphatic carbocycles. The van der Waals surface area contributed by atoms with Gasteiger partial charge in [0.15, 0.2) is 5.11 Å². The van der Waals surface area contributed by atoms with Crippen molar-refractivity contribution in [2.24, 2.45) is 5.10 Å². The zero-order valence-electron chi connectivity index (χ0n) is 17.6. The Balaban J connectivity index is 1.57. The Hall–Kier alpha value is -2.51. The van der Waals surface area contributed by atoms with E-state index in [-0.39, 0.29) is 11.4 Å². The number of nitrogens with zero attached hydrogens (tertiary/aromatic N) is 1. The molecule has 3 N–H and O–H groups in total. The van der Waals surface area contributed by atoms with Crippen molar-refractivity contribution in [3.05, 3.63) is 46.5 Å². The molecule has 4 rings (SSSR count). The van der Waals surface area contributed by atoms with Crippen molar-refractivity contribution in [2.75, 3.05) is 12.4 Å². The molecule has 2 aromatic carbocycles. The highest BCUT2D eigenvalue weighted by Gasteiger charge is 2.40. The molecular weight excluding hydrogens is 434 g/mol. The number of aryl methyl sites for hydroxylation is 1. The number of hydrazone groups is 1. The lowest BCUT2D eigenvalue weighted by Gasteiger charge is -2.41. The van der Waals surface area contributed by atoms with Gasteiger partial charge in [-0.25, -0.2) is 0 Å². The van der Waals surface area contributed by atoms with Crippen LogP contribution in [0.5, 0.6) is 17.2 Å². The summed E-state index contributed by atoms with van der Waals surface area (Å²) in [6, 6.07) is 8.77. The summed E-state index contributed by atoms with van der Waals surface area (Å²) in [7, 11) is 1.58. The lowest BCUT2D eigenvalue weighted by atomic mass is 9.78. The molecule has 164 valence electrons. The lowest BCUT2D eigenvalue weighted by Crippen LogP contribution is -2.44. The van der Waals surface area contributed by atoms with Crippen LogP contribution in [0.15, 0.2) is 35.4 Å². The number of fused-ring (bicyclic) bond motifs is 1. The molecule has 0 radical (unpaired) electrons. The van der Waals surface area contributed by atoms with Crippen LogP contribution in [-0.2, 0) is 0 Å². The molecule has 2 aliphatic rings. The van der Waals surface area contributed by atoms with Gasteiger partial charge in [0.2, 0.25) is 0 Å². The van der Waals surface area contributed by atoms with Crippen molar-refractivity contribution in [3.63, 3.8) is 0 Å². The zero-order valence-corrected chi connectivity index (χ0v) is 19.2. The third-order valence-electron chi connectivity index (χ3n) is 5.88. The predicted molar refractivity (Wildman–Crippen MR) is 128 cm³/mol. The van der Waals surface area contributed by atoms with Gasteiger partial charge in [-0.05, 0) is 74.7 Å². The minimum Gasteiger partial charge on any atom is -0.508 e. The van der Waals surface area contributed by atoms with Crippen molar-refractivity contribution >= 4 is 40.3 Å². The fourth-order valence-electron chi connectivity index (χ4n) is 4.28. The first kappa shape index (κ1) is 21.7. The van der Waals surface area contributed by atoms with Crippen LogP contribution in [0, 0.1) is 6.92 Å². The number of hydrogen-bond donors (Lipinski definition) is 3. The van der Waals surface area contributed by atoms with Crippen LogP contribution in [0.1, 0.15) is 49.7 Å². The summed E-state index contributed by atoms with van der Waals surface area (Å²) < 4.78 is 11.8. The van der Waals surface area contributed by atoms with E-state index in [2.05, 4.69) is 15.8 Å². The topological polar surface area (TPSA) is 75.1 Å². The first-order valence-corrected chi connectivity index (χ1v) is 11.2. The quantitative estimate of drug-likeness (QED) is 0.413. The molecule has 1 aliphatic heterocycles. The average molecular weight is 460 g/mol. The number of rotatable bonds is 3. The van der Waals surface area contributed by atoms with Gasteiger partial charge in [-0.15, -0.1) is 0 Å². The van der Waals surface area contributed by atoms with Gasteiger partial charge in [0.25, 0.3) is 0 Å². The number of thiocarbonyl (C=S) groups is 1. The Morgan fingerprint density at radius 2 is 2.00 bits per heavy atom. The van der Waals surface area contributed by atoms with Crippen LogP contribution in [0.25, 0.3) is 0 Å². The Morgan fingerprint density at radius 1 is 1.23 bits per heavy atom. The van der Waals surface area contributed by atoms with Crippen LogP contribution in [0.3, 0.4) is 0 Å². The second kappa shape index (κ2) is 8.93. The first-order chi connectivity index (χ1) is 14.9. The number of halogens is 1. The third kappa shape index (κ3) is 4.72. The molecule has 6 nitrogen and oxygen atoms in total. The van der Waals surface area contributed by atoms with Crippen molar-refractivity contribution in [1.29, 1.82) is 0 Å². The molecule has 0 saturated heterocycles. The molecule has 1 spiro atoms. The average Bonchev–Trinajstić information content (AvgIpc) is 2.75. The van der Waals surface area contributed by atoms with Crippen LogP contribution in [-0.4, -0.2) is 28.6 Å². The van der Waals surface area contributed by atoms with E-state index in [0.717, 1.165) is 48.3 Å². The summed E-state index contributed by atoms with van der Waals surface area (Å²) in [4.78, 5) is 0. The molecule has 1 fully saturated rings. The monoisotopic (exact) mass is 459 g/mol. The fraction of sp³-hybridized carbons (Fsp3) is 0.391. The summed E-state index contributed by atoms with van der Waals surface area (Å²) in [6.45, 7) is 1.92. The Labute approximate surface area is 192 Å². The van der Waals surface area contributed by atoms with Crippen LogP contribution in [0.4, 0.5) is 5.69 Å². The molecule has 0 aromatic heterocycles. The van der Waals surface area contributed by atoms with Gasteiger partial charge in [-0.1, -0.05) is 18.0 Å². The van der Waals surface area contributed by atoms with E-state index in [1.165, 1.54) is 6.42 Å². The van der Waals surface area contributed by atoms with E-state index >= 15 is 0 Å². The molecule has 0 bridgehead atoms. The summed E-state index contributed by atoms with van der Waals surface area (Å²) in [5.74, 6) is 1.52. The van der Waals surface area contributed by atoms with Crippen molar-refractivity contribution in [2.45, 2.75) is 51.0 Å². The van der Waals surface area contributed by atoms with Gasteiger partial charge in [0, 0.05) is 23.1 Å². The van der Waals surface area contributed by atoms with Crippen molar-refractivity contribution in [3.8, 4) is 17.2 Å². The lowest BCUT2D eigenvalue weighted by molar-refractivity contribution is 0.0320. The SMILES string of the molecule is COc1cc(Cl)c(C)cc1NC(=S)N/N=C1/CC2(CCCCC2)Oc2ccc(O)cc21. The normalized spacial score (nSPS) is 18.2. The van der Waals surface area contributed by atoms with Gasteiger partial charge in [0.05, 0.1) is 18.5 Å². The van der Waals surface area contributed by atoms with Crippen LogP contribution >= 0.6 is 23.8 Å². The number of phenolic OH excluding ortho intramolecular Hbond substituents is 1. The Bertz CT molecular complexity index is 1030. The van der Waals surface area contributed by atoms with Crippen LogP contribution < -0.4 is 20.2 Å². The number of hydrogen-bond acceptors (Lipinski definition) is 5. The second-order valence-electron chi connectivity index (χ2n) is 8.13. The number of ether oxygens (including phenoxy) is 2. The van der Waals surface area contributed by atoms with E-state index in [1.807, 2.05) is 19.1 Å². The molecular formula is C23H26ClN3O3S. The van der Waals surface area contributed by atoms with Crippen molar-refractivity contribution in [1.82, 2.24) is 5.43 Å². The Morgan fingerprint density at radius 3 is 2.74 bits per heavy atom. The highest BCUT2D eigenvalue weighted by atomic mass is 35.5. The molecule has 8 heteroatoms. The van der Waals surface area contributed by atoms with E-state index in [0.29, 0.717) is 28.0 Å². The summed E-state index contributed by atoms with van der Waals surface area (Å²) in [5, 5.41) is 18.7. The van der Waals surface area contributed by atoms with Gasteiger partial charge < -0.3 is 19.9 Å². The number of phenols is 1. The van der Waals surface area contributed by atoms with E-state index in [1.54, 1.807) is 25.3 Å². The van der Waals surface area contributed by atoms with Gasteiger partial charge >= 0.3 is 0 Å². The highest BCUT2D eigenvalue weighted by molar-refractivity contribution is 7.80. The smallest absolute Gasteiger partial charge is 0.191 e. The predicted octanol–water partition coefficient (Wildman–Crippen LogP) is 5.54. The van der Waals surface area contributed by atoms with Crippen LogP contribution in [0.2, 0.25) is 5.02 Å². The minimum absolute atomic E-state index is 0.178. The summed E-state index contributed by atoms with van der Waals surface area (Å²) >= 11 is 11.6. The molecule has 0 amide bonds. The largest absolute Gasteiger partial charge is 0.508 e. The maximum absolute atomic E-state index is 9.99. The number of aromatic hydroxyl groups is 1. The molecule has 1 heterocycles. The maximum atomic E-state index is 9.99. The van der Waals surface area contributed by atoms with E-state index in [4.69, 9.17) is 33.3 Å². The van der Waals surface area contributed by atoms with Gasteiger partial charge in [-0.3, -0.25) is 5.43 Å². The molecule has 0 unspecified atom stereocenters. The molecule has 0 atom stereocenters. The fourth-order valence-corrected chi connectivity index (χ4v) is 4.58. The number of anilines is 1. The second-order valence-corrected chi connectivity index (χ2v) is 8.94. The summed E-state index contributed by atoms with van der Waals surface area (Å²) in [6.07, 6.45) is 6.18. The van der Waals surface area contributed by atoms with Gasteiger partial charge in [-0.2, -0.15) is 5.10 Å². The Kier molecular flexibility index (Phi) is 6.25. The standard InChI is InChI=1S/C23H26ClN3O3S/c1-14-10-18(21(29-2)12-17(14)24)25-22(31)27-26-19-13-23(8-4-3-5-9-23)30-20-7-6-15(28)11-16(19)20/h6-7,10-12,28H,3-5,8-9,13H2,1-2H3,(H2,25,27,31)/b26-19-. The minimum atomic E-state index is -0.242. The van der Waals surface area contributed by atoms with Crippen molar-refractivity contribution < 1.29 is 14.6 Å². The molecule has 2 aromatic rings.